The molecule has 2 aromatic rings. The maximum Gasteiger partial charge on any atom is 0.177 e. The summed E-state index contributed by atoms with van der Waals surface area (Å²) in [5.41, 5.74) is 1.83. The summed E-state index contributed by atoms with van der Waals surface area (Å²) in [7, 11) is 0. The lowest BCUT2D eigenvalue weighted by Gasteiger charge is -2.19. The van der Waals surface area contributed by atoms with Crippen LogP contribution in [0.15, 0.2) is 12.1 Å². The Morgan fingerprint density at radius 2 is 2.06 bits per heavy atom. The van der Waals surface area contributed by atoms with E-state index in [9.17, 15) is 0 Å². The van der Waals surface area contributed by atoms with Gasteiger partial charge in [-0.2, -0.15) is 9.61 Å². The highest BCUT2D eigenvalue weighted by Crippen LogP contribution is 2.21. The molecule has 1 fully saturated rings. The largest absolute Gasteiger partial charge is 0.307 e. The van der Waals surface area contributed by atoms with Gasteiger partial charge in [0.15, 0.2) is 11.5 Å². The molecule has 1 N–H and O–H groups in total. The first kappa shape index (κ1) is 11.6. The Labute approximate surface area is 107 Å². The first-order valence-electron chi connectivity index (χ1n) is 6.77. The Bertz CT molecular complexity index is 525. The third-order valence-corrected chi connectivity index (χ3v) is 3.54. The zero-order valence-electron chi connectivity index (χ0n) is 10.8. The number of aromatic nitrogens is 4. The summed E-state index contributed by atoms with van der Waals surface area (Å²) in [6, 6.07) is 4.23. The standard InChI is InChI=1S/C13H19N5/c1-10-7-8-12-15-16-13(18(12)17-10)11-6-4-2-3-5-9-14-11/h7-8,11,14H,2-6,9H2,1H3. The van der Waals surface area contributed by atoms with Gasteiger partial charge in [0.2, 0.25) is 0 Å². The summed E-state index contributed by atoms with van der Waals surface area (Å²) in [4.78, 5) is 0. The zero-order valence-corrected chi connectivity index (χ0v) is 10.8. The number of hydrogen-bond acceptors (Lipinski definition) is 4. The molecule has 96 valence electrons. The third-order valence-electron chi connectivity index (χ3n) is 3.54. The van der Waals surface area contributed by atoms with Gasteiger partial charge in [0.05, 0.1) is 11.7 Å². The van der Waals surface area contributed by atoms with Gasteiger partial charge in [-0.25, -0.2) is 0 Å². The van der Waals surface area contributed by atoms with Crippen LogP contribution in [0.2, 0.25) is 0 Å². The van der Waals surface area contributed by atoms with Crippen LogP contribution < -0.4 is 5.32 Å². The fraction of sp³-hybridized carbons (Fsp3) is 0.615. The van der Waals surface area contributed by atoms with Crippen molar-refractivity contribution in [2.75, 3.05) is 6.54 Å². The molecule has 1 aliphatic rings. The molecule has 2 aromatic heterocycles. The van der Waals surface area contributed by atoms with Crippen molar-refractivity contribution in [3.8, 4) is 0 Å². The second-order valence-corrected chi connectivity index (χ2v) is 5.01. The van der Waals surface area contributed by atoms with E-state index in [-0.39, 0.29) is 6.04 Å². The van der Waals surface area contributed by atoms with Crippen molar-refractivity contribution in [2.24, 2.45) is 0 Å². The molecule has 1 saturated heterocycles. The van der Waals surface area contributed by atoms with E-state index in [0.717, 1.165) is 30.1 Å². The Kier molecular flexibility index (Phi) is 3.23. The fourth-order valence-corrected chi connectivity index (χ4v) is 2.54. The highest BCUT2D eigenvalue weighted by atomic mass is 15.4. The molecule has 1 atom stereocenters. The molecule has 3 rings (SSSR count). The van der Waals surface area contributed by atoms with Crippen molar-refractivity contribution in [1.29, 1.82) is 0 Å². The molecule has 0 aliphatic carbocycles. The van der Waals surface area contributed by atoms with Gasteiger partial charge in [-0.3, -0.25) is 0 Å². The Morgan fingerprint density at radius 1 is 1.17 bits per heavy atom. The van der Waals surface area contributed by atoms with Gasteiger partial charge in [-0.05, 0) is 38.4 Å². The van der Waals surface area contributed by atoms with Gasteiger partial charge in [0.1, 0.15) is 0 Å². The summed E-state index contributed by atoms with van der Waals surface area (Å²) < 4.78 is 1.88. The molecule has 0 aromatic carbocycles. The molecule has 5 nitrogen and oxygen atoms in total. The lowest BCUT2D eigenvalue weighted by molar-refractivity contribution is 0.407. The van der Waals surface area contributed by atoms with E-state index >= 15 is 0 Å². The predicted octanol–water partition coefficient (Wildman–Crippen LogP) is 2.03. The van der Waals surface area contributed by atoms with Crippen LogP contribution in [0.4, 0.5) is 0 Å². The quantitative estimate of drug-likeness (QED) is 0.835. The van der Waals surface area contributed by atoms with Gasteiger partial charge >= 0.3 is 0 Å². The smallest absolute Gasteiger partial charge is 0.177 e. The van der Waals surface area contributed by atoms with E-state index in [1.165, 1.54) is 25.7 Å². The predicted molar refractivity (Wildman–Crippen MR) is 69.3 cm³/mol. The number of rotatable bonds is 1. The van der Waals surface area contributed by atoms with Crippen LogP contribution >= 0.6 is 0 Å². The SMILES string of the molecule is Cc1ccc2nnc(C3CCCCCCN3)n2n1. The van der Waals surface area contributed by atoms with Gasteiger partial charge in [-0.1, -0.05) is 19.3 Å². The van der Waals surface area contributed by atoms with Crippen LogP contribution in [-0.4, -0.2) is 26.4 Å². The monoisotopic (exact) mass is 245 g/mol. The van der Waals surface area contributed by atoms with Gasteiger partial charge < -0.3 is 5.32 Å². The molecule has 18 heavy (non-hydrogen) atoms. The van der Waals surface area contributed by atoms with E-state index in [1.54, 1.807) is 0 Å². The van der Waals surface area contributed by atoms with Crippen molar-refractivity contribution >= 4 is 5.65 Å². The summed E-state index contributed by atoms with van der Waals surface area (Å²) in [6.45, 7) is 3.06. The molecule has 0 bridgehead atoms. The first-order valence-corrected chi connectivity index (χ1v) is 6.77. The Balaban J connectivity index is 1.94. The van der Waals surface area contributed by atoms with Crippen LogP contribution in [0.25, 0.3) is 5.65 Å². The van der Waals surface area contributed by atoms with E-state index in [2.05, 4.69) is 20.6 Å². The molecule has 3 heterocycles. The summed E-state index contributed by atoms with van der Waals surface area (Å²) >= 11 is 0. The molecule has 0 spiro atoms. The second kappa shape index (κ2) is 5.02. The second-order valence-electron chi connectivity index (χ2n) is 5.01. The number of nitrogens with one attached hydrogen (secondary N) is 1. The van der Waals surface area contributed by atoms with Crippen LogP contribution in [0.5, 0.6) is 0 Å². The van der Waals surface area contributed by atoms with Crippen molar-refractivity contribution in [1.82, 2.24) is 25.1 Å². The fourth-order valence-electron chi connectivity index (χ4n) is 2.54. The Hall–Kier alpha value is -1.49. The van der Waals surface area contributed by atoms with E-state index in [4.69, 9.17) is 0 Å². The lowest BCUT2D eigenvalue weighted by Crippen LogP contribution is -2.26. The van der Waals surface area contributed by atoms with Crippen LogP contribution in [-0.2, 0) is 0 Å². The average Bonchev–Trinajstić information content (AvgIpc) is 2.72. The van der Waals surface area contributed by atoms with Crippen LogP contribution in [0.3, 0.4) is 0 Å². The number of fused-ring (bicyclic) bond motifs is 1. The molecule has 5 heteroatoms. The lowest BCUT2D eigenvalue weighted by atomic mass is 10.0. The number of aryl methyl sites for hydroxylation is 1. The molecule has 0 amide bonds. The number of hydrogen-bond donors (Lipinski definition) is 1. The highest BCUT2D eigenvalue weighted by Gasteiger charge is 2.19. The maximum absolute atomic E-state index is 4.52. The van der Waals surface area contributed by atoms with Crippen LogP contribution in [0, 0.1) is 6.92 Å². The topological polar surface area (TPSA) is 55.1 Å². The highest BCUT2D eigenvalue weighted by molar-refractivity contribution is 5.36. The summed E-state index contributed by atoms with van der Waals surface area (Å²) in [6.07, 6.45) is 6.27. The third kappa shape index (κ3) is 2.22. The zero-order chi connectivity index (χ0) is 12.4. The van der Waals surface area contributed by atoms with E-state index < -0.39 is 0 Å². The van der Waals surface area contributed by atoms with Gasteiger partial charge in [-0.15, -0.1) is 10.2 Å². The van der Waals surface area contributed by atoms with E-state index in [0.29, 0.717) is 0 Å². The average molecular weight is 245 g/mol. The molecule has 1 unspecified atom stereocenters. The van der Waals surface area contributed by atoms with Crippen LogP contribution in [0.1, 0.15) is 49.7 Å². The first-order chi connectivity index (χ1) is 8.84. The Morgan fingerprint density at radius 3 is 3.00 bits per heavy atom. The van der Waals surface area contributed by atoms with Crippen molar-refractivity contribution in [3.63, 3.8) is 0 Å². The maximum atomic E-state index is 4.52. The molecule has 0 radical (unpaired) electrons. The molecule has 1 aliphatic heterocycles. The van der Waals surface area contributed by atoms with Gasteiger partial charge in [0, 0.05) is 0 Å². The van der Waals surface area contributed by atoms with E-state index in [1.807, 2.05) is 23.6 Å². The summed E-state index contributed by atoms with van der Waals surface area (Å²) in [5, 5.41) is 16.6. The molecular formula is C13H19N5. The molecular weight excluding hydrogens is 226 g/mol. The minimum atomic E-state index is 0.287. The molecule has 0 saturated carbocycles. The summed E-state index contributed by atoms with van der Waals surface area (Å²) in [5.74, 6) is 0.954. The number of nitrogens with zero attached hydrogens (tertiary/aromatic N) is 4. The van der Waals surface area contributed by atoms with Crippen molar-refractivity contribution in [2.45, 2.75) is 45.1 Å². The van der Waals surface area contributed by atoms with Crippen molar-refractivity contribution < 1.29 is 0 Å². The van der Waals surface area contributed by atoms with Crippen molar-refractivity contribution in [3.05, 3.63) is 23.7 Å². The van der Waals surface area contributed by atoms with Gasteiger partial charge in [0.25, 0.3) is 0 Å². The normalized spacial score (nSPS) is 21.7. The minimum Gasteiger partial charge on any atom is -0.307 e. The minimum absolute atomic E-state index is 0.287.